The fourth-order valence-electron chi connectivity index (χ4n) is 5.05. The topological polar surface area (TPSA) is 91.3 Å². The van der Waals surface area contributed by atoms with Crippen LogP contribution in [0.1, 0.15) is 142 Å². The standard InChI is InChI=1S/C44H78NO7P/c1-6-8-10-12-14-16-18-20-22-23-24-25-27-29-31-33-35-37-44(46)52-43(42-51-53(47,48)50-40-38-45(3,4)5)41-49-39-36-34-32-30-28-26-21-19-17-15-13-11-9-7-2/h8,10,14,16-17,19-20,22,24-25,29,31,43H,6-7,9,11-13,15,18,21,23,26-28,30,32-42H2,1-5H3/p+1/b10-8-,16-14-,19-17-,22-20-,25-24-,31-29-. The van der Waals surface area contributed by atoms with Crippen LogP contribution in [0.3, 0.4) is 0 Å². The lowest BCUT2D eigenvalue weighted by Crippen LogP contribution is -2.37. The Morgan fingerprint density at radius 1 is 0.604 bits per heavy atom. The number of unbranched alkanes of at least 4 members (excludes halogenated alkanes) is 11. The van der Waals surface area contributed by atoms with Gasteiger partial charge >= 0.3 is 13.8 Å². The maximum absolute atomic E-state index is 12.6. The van der Waals surface area contributed by atoms with E-state index >= 15 is 0 Å². The van der Waals surface area contributed by atoms with Crippen molar-refractivity contribution in [3.63, 3.8) is 0 Å². The Bertz CT molecular complexity index is 1070. The molecule has 306 valence electrons. The van der Waals surface area contributed by atoms with Gasteiger partial charge in [-0.3, -0.25) is 13.8 Å². The Morgan fingerprint density at radius 3 is 1.66 bits per heavy atom. The summed E-state index contributed by atoms with van der Waals surface area (Å²) in [5.41, 5.74) is 0. The van der Waals surface area contributed by atoms with E-state index in [4.69, 9.17) is 18.5 Å². The molecule has 0 aliphatic rings. The molecule has 9 heteroatoms. The highest BCUT2D eigenvalue weighted by atomic mass is 31.2. The first kappa shape index (κ1) is 50.9. The smallest absolute Gasteiger partial charge is 0.457 e. The van der Waals surface area contributed by atoms with Crippen LogP contribution in [0.4, 0.5) is 0 Å². The molecule has 0 aliphatic carbocycles. The van der Waals surface area contributed by atoms with Gasteiger partial charge in [0.05, 0.1) is 34.4 Å². The van der Waals surface area contributed by atoms with E-state index in [0.717, 1.165) is 51.4 Å². The molecule has 0 aromatic heterocycles. The van der Waals surface area contributed by atoms with E-state index in [0.29, 0.717) is 24.1 Å². The van der Waals surface area contributed by atoms with E-state index in [1.807, 2.05) is 21.1 Å². The number of quaternary nitrogens is 1. The van der Waals surface area contributed by atoms with Crippen LogP contribution < -0.4 is 0 Å². The van der Waals surface area contributed by atoms with Crippen molar-refractivity contribution in [1.29, 1.82) is 0 Å². The molecule has 0 radical (unpaired) electrons. The van der Waals surface area contributed by atoms with Gasteiger partial charge in [0.25, 0.3) is 0 Å². The molecule has 0 rings (SSSR count). The maximum atomic E-state index is 12.6. The molecule has 0 saturated heterocycles. The lowest BCUT2D eigenvalue weighted by Gasteiger charge is -2.24. The molecular weight excluding hydrogens is 685 g/mol. The lowest BCUT2D eigenvalue weighted by atomic mass is 10.1. The quantitative estimate of drug-likeness (QED) is 0.0221. The fraction of sp³-hybridized carbons (Fsp3) is 0.705. The van der Waals surface area contributed by atoms with E-state index in [-0.39, 0.29) is 32.2 Å². The van der Waals surface area contributed by atoms with Crippen LogP contribution >= 0.6 is 7.82 Å². The zero-order valence-corrected chi connectivity index (χ0v) is 35.4. The van der Waals surface area contributed by atoms with Crippen molar-refractivity contribution < 1.29 is 37.3 Å². The van der Waals surface area contributed by atoms with Gasteiger partial charge < -0.3 is 18.9 Å². The number of phosphoric ester groups is 1. The second-order valence-electron chi connectivity index (χ2n) is 14.6. The summed E-state index contributed by atoms with van der Waals surface area (Å²) < 4.78 is 34.8. The first-order valence-electron chi connectivity index (χ1n) is 20.7. The van der Waals surface area contributed by atoms with Crippen LogP contribution in [-0.4, -0.2) is 75.6 Å². The van der Waals surface area contributed by atoms with Gasteiger partial charge in [0, 0.05) is 13.0 Å². The molecule has 0 aromatic rings. The van der Waals surface area contributed by atoms with E-state index < -0.39 is 13.9 Å². The highest BCUT2D eigenvalue weighted by Gasteiger charge is 2.26. The number of likely N-dealkylation sites (N-methyl/N-ethyl adjacent to an activating group) is 1. The summed E-state index contributed by atoms with van der Waals surface area (Å²) in [4.78, 5) is 22.8. The predicted octanol–water partition coefficient (Wildman–Crippen LogP) is 11.9. The molecular formula is C44H79NO7P+. The first-order chi connectivity index (χ1) is 25.6. The zero-order valence-electron chi connectivity index (χ0n) is 34.5. The van der Waals surface area contributed by atoms with Gasteiger partial charge in [0.2, 0.25) is 0 Å². The Morgan fingerprint density at radius 2 is 1.09 bits per heavy atom. The molecule has 0 fully saturated rings. The Kier molecular flexibility index (Phi) is 35.5. The summed E-state index contributed by atoms with van der Waals surface area (Å²) in [5.74, 6) is -0.375. The predicted molar refractivity (Wildman–Crippen MR) is 224 cm³/mol. The van der Waals surface area contributed by atoms with Gasteiger partial charge in [0.15, 0.2) is 0 Å². The van der Waals surface area contributed by atoms with Crippen LogP contribution in [0.2, 0.25) is 0 Å². The molecule has 0 heterocycles. The van der Waals surface area contributed by atoms with Crippen LogP contribution in [0.15, 0.2) is 72.9 Å². The summed E-state index contributed by atoms with van der Waals surface area (Å²) in [6.07, 6.45) is 46.5. The second-order valence-corrected chi connectivity index (χ2v) is 16.1. The highest BCUT2D eigenvalue weighted by molar-refractivity contribution is 7.47. The molecule has 0 amide bonds. The van der Waals surface area contributed by atoms with E-state index in [2.05, 4.69) is 86.8 Å². The number of nitrogens with zero attached hydrogens (tertiary/aromatic N) is 1. The summed E-state index contributed by atoms with van der Waals surface area (Å²) in [5, 5.41) is 0. The van der Waals surface area contributed by atoms with Gasteiger partial charge in [-0.05, 0) is 77.0 Å². The number of rotatable bonds is 37. The number of phosphoric acid groups is 1. The minimum atomic E-state index is -4.29. The third-order valence-electron chi connectivity index (χ3n) is 8.25. The Balaban J connectivity index is 4.41. The van der Waals surface area contributed by atoms with Crippen molar-refractivity contribution in [3.8, 4) is 0 Å². The highest BCUT2D eigenvalue weighted by Crippen LogP contribution is 2.43. The summed E-state index contributed by atoms with van der Waals surface area (Å²) in [6.45, 7) is 5.38. The molecule has 0 aromatic carbocycles. The van der Waals surface area contributed by atoms with Gasteiger partial charge in [-0.2, -0.15) is 0 Å². The van der Waals surface area contributed by atoms with E-state index in [1.54, 1.807) is 0 Å². The zero-order chi connectivity index (χ0) is 39.1. The molecule has 53 heavy (non-hydrogen) atoms. The van der Waals surface area contributed by atoms with Crippen LogP contribution in [-0.2, 0) is 27.9 Å². The number of allylic oxidation sites excluding steroid dienone is 12. The molecule has 0 saturated carbocycles. The minimum Gasteiger partial charge on any atom is -0.457 e. The fourth-order valence-corrected chi connectivity index (χ4v) is 5.79. The van der Waals surface area contributed by atoms with Crippen LogP contribution in [0.5, 0.6) is 0 Å². The van der Waals surface area contributed by atoms with Crippen molar-refractivity contribution in [2.45, 2.75) is 148 Å². The number of hydrogen-bond acceptors (Lipinski definition) is 6. The first-order valence-corrected chi connectivity index (χ1v) is 22.2. The van der Waals surface area contributed by atoms with Gasteiger partial charge in [-0.15, -0.1) is 0 Å². The summed E-state index contributed by atoms with van der Waals surface area (Å²) in [7, 11) is 1.61. The van der Waals surface area contributed by atoms with Gasteiger partial charge in [0.1, 0.15) is 19.3 Å². The normalized spacial score (nSPS) is 14.6. The molecule has 1 N–H and O–H groups in total. The average Bonchev–Trinajstić information content (AvgIpc) is 3.11. The average molecular weight is 765 g/mol. The van der Waals surface area contributed by atoms with Crippen molar-refractivity contribution in [2.24, 2.45) is 0 Å². The number of carbonyl (C=O) groups is 1. The molecule has 2 unspecified atom stereocenters. The summed E-state index contributed by atoms with van der Waals surface area (Å²) in [6, 6.07) is 0. The molecule has 2 atom stereocenters. The monoisotopic (exact) mass is 765 g/mol. The second kappa shape index (κ2) is 36.9. The lowest BCUT2D eigenvalue weighted by molar-refractivity contribution is -0.870. The largest absolute Gasteiger partial charge is 0.472 e. The van der Waals surface area contributed by atoms with Crippen molar-refractivity contribution in [2.75, 3.05) is 54.1 Å². The third-order valence-corrected chi connectivity index (χ3v) is 9.24. The Labute approximate surface area is 325 Å². The number of carbonyl (C=O) groups excluding carboxylic acids is 1. The molecule has 0 spiro atoms. The van der Waals surface area contributed by atoms with Gasteiger partial charge in [-0.25, -0.2) is 4.57 Å². The minimum absolute atomic E-state index is 0.0733. The Hall–Kier alpha value is -2.06. The van der Waals surface area contributed by atoms with Crippen LogP contribution in [0.25, 0.3) is 0 Å². The van der Waals surface area contributed by atoms with Crippen molar-refractivity contribution in [3.05, 3.63) is 72.9 Å². The molecule has 0 bridgehead atoms. The molecule has 0 aliphatic heterocycles. The number of esters is 1. The number of ether oxygens (including phenoxy) is 2. The van der Waals surface area contributed by atoms with Crippen molar-refractivity contribution >= 4 is 13.8 Å². The maximum Gasteiger partial charge on any atom is 0.472 e. The van der Waals surface area contributed by atoms with Crippen molar-refractivity contribution in [1.82, 2.24) is 0 Å². The van der Waals surface area contributed by atoms with Crippen LogP contribution in [0, 0.1) is 0 Å². The summed E-state index contributed by atoms with van der Waals surface area (Å²) >= 11 is 0. The van der Waals surface area contributed by atoms with E-state index in [1.165, 1.54) is 64.2 Å². The third kappa shape index (κ3) is 41.0. The SMILES string of the molecule is CC/C=C\C/C=C\C/C=C\C/C=C\C/C=C\CCCC(=O)OC(COCCCCCCCC/C=C\CCCCCC)COP(=O)(O)OCC[N+](C)(C)C. The molecule has 8 nitrogen and oxygen atoms in total. The van der Waals surface area contributed by atoms with E-state index in [9.17, 15) is 14.3 Å². The number of hydrogen-bond donors (Lipinski definition) is 1. The van der Waals surface area contributed by atoms with Gasteiger partial charge in [-0.1, -0.05) is 132 Å².